The van der Waals surface area contributed by atoms with Gasteiger partial charge in [-0.1, -0.05) is 19.9 Å². The van der Waals surface area contributed by atoms with E-state index in [9.17, 15) is 19.1 Å². The summed E-state index contributed by atoms with van der Waals surface area (Å²) in [6, 6.07) is 12.4. The van der Waals surface area contributed by atoms with E-state index < -0.39 is 23.5 Å². The normalized spacial score (nSPS) is 16.4. The largest absolute Gasteiger partial charge is 0.507 e. The number of aryl methyl sites for hydroxylation is 1. The fourth-order valence-corrected chi connectivity index (χ4v) is 4.67. The lowest BCUT2D eigenvalue weighted by atomic mass is 9.94. The Morgan fingerprint density at radius 1 is 0.950 bits per heavy atom. The van der Waals surface area contributed by atoms with Crippen LogP contribution in [0.25, 0.3) is 5.76 Å². The number of carbonyl (C=O) groups is 2. The van der Waals surface area contributed by atoms with Crippen LogP contribution in [-0.4, -0.2) is 44.7 Å². The predicted octanol–water partition coefficient (Wildman–Crippen LogP) is 5.82. The number of halogens is 1. The molecule has 0 aliphatic carbocycles. The Morgan fingerprint density at radius 3 is 2.17 bits per heavy atom. The van der Waals surface area contributed by atoms with Gasteiger partial charge in [0.25, 0.3) is 11.7 Å². The van der Waals surface area contributed by atoms with E-state index in [0.717, 1.165) is 16.5 Å². The van der Waals surface area contributed by atoms with E-state index in [1.54, 1.807) is 30.3 Å². The monoisotopic (exact) mass is 549 g/mol. The first kappa shape index (κ1) is 28.5. The number of amides is 1. The molecule has 0 bridgehead atoms. The summed E-state index contributed by atoms with van der Waals surface area (Å²) in [4.78, 5) is 28.1. The first-order valence-electron chi connectivity index (χ1n) is 12.7. The number of hydrogen-bond donors (Lipinski definition) is 1. The van der Waals surface area contributed by atoms with Crippen LogP contribution in [0.5, 0.6) is 23.0 Å². The number of nitrogens with zero attached hydrogens (tertiary/aromatic N) is 1. The van der Waals surface area contributed by atoms with Crippen molar-refractivity contribution in [3.63, 3.8) is 0 Å². The molecule has 1 atom stereocenters. The molecule has 40 heavy (non-hydrogen) atoms. The van der Waals surface area contributed by atoms with Crippen LogP contribution in [-0.2, 0) is 9.59 Å². The van der Waals surface area contributed by atoms with Crippen molar-refractivity contribution in [2.45, 2.75) is 26.8 Å². The maximum Gasteiger partial charge on any atom is 0.300 e. The number of rotatable bonds is 9. The van der Waals surface area contributed by atoms with E-state index in [4.69, 9.17) is 18.9 Å². The summed E-state index contributed by atoms with van der Waals surface area (Å²) in [5.74, 6) is -0.961. The first-order chi connectivity index (χ1) is 19.1. The van der Waals surface area contributed by atoms with Crippen molar-refractivity contribution in [3.05, 3.63) is 82.7 Å². The molecule has 0 radical (unpaired) electrons. The zero-order valence-electron chi connectivity index (χ0n) is 23.3. The molecule has 3 aromatic carbocycles. The standard InChI is InChI=1S/C31H32FNO7/c1-17(2)16-40-23-11-10-19(12-18(23)3)28(34)26-27(20-13-24(37-4)30(39-6)25(14-20)38-5)33(31(36)29(26)35)22-9-7-8-21(32)15-22/h7-15,17,27,34H,16H2,1-6H3/b28-26+. The molecule has 1 aliphatic rings. The van der Waals surface area contributed by atoms with Gasteiger partial charge in [-0.3, -0.25) is 14.5 Å². The van der Waals surface area contributed by atoms with Crippen LogP contribution < -0.4 is 23.8 Å². The highest BCUT2D eigenvalue weighted by atomic mass is 19.1. The van der Waals surface area contributed by atoms with Crippen LogP contribution in [0.2, 0.25) is 0 Å². The SMILES string of the molecule is COc1cc(C2/C(=C(\O)c3ccc(OCC(C)C)c(C)c3)C(=O)C(=O)N2c2cccc(F)c2)cc(OC)c1OC. The molecule has 1 saturated heterocycles. The van der Waals surface area contributed by atoms with Gasteiger partial charge in [0.15, 0.2) is 11.5 Å². The molecule has 0 spiro atoms. The Kier molecular flexibility index (Phi) is 8.32. The average Bonchev–Trinajstić information content (AvgIpc) is 3.20. The van der Waals surface area contributed by atoms with Gasteiger partial charge in [-0.25, -0.2) is 4.39 Å². The quantitative estimate of drug-likeness (QED) is 0.204. The second kappa shape index (κ2) is 11.7. The minimum Gasteiger partial charge on any atom is -0.507 e. The van der Waals surface area contributed by atoms with E-state index in [2.05, 4.69) is 0 Å². The van der Waals surface area contributed by atoms with E-state index in [-0.39, 0.29) is 28.5 Å². The molecule has 8 nitrogen and oxygen atoms in total. The number of Topliss-reactive ketones (excluding diaryl/α,β-unsaturated/α-hetero) is 1. The van der Waals surface area contributed by atoms with E-state index in [1.807, 2.05) is 20.8 Å². The maximum atomic E-state index is 14.3. The molecule has 210 valence electrons. The lowest BCUT2D eigenvalue weighted by Crippen LogP contribution is -2.29. The number of methoxy groups -OCH3 is 3. The minimum atomic E-state index is -1.13. The molecule has 1 unspecified atom stereocenters. The highest BCUT2D eigenvalue weighted by Gasteiger charge is 2.47. The average molecular weight is 550 g/mol. The molecule has 3 aromatic rings. The summed E-state index contributed by atoms with van der Waals surface area (Å²) >= 11 is 0. The van der Waals surface area contributed by atoms with Crippen molar-refractivity contribution >= 4 is 23.1 Å². The molecule has 1 aliphatic heterocycles. The van der Waals surface area contributed by atoms with Crippen molar-refractivity contribution in [1.29, 1.82) is 0 Å². The second-order valence-electron chi connectivity index (χ2n) is 9.79. The van der Waals surface area contributed by atoms with E-state index >= 15 is 0 Å². The zero-order valence-corrected chi connectivity index (χ0v) is 23.3. The smallest absolute Gasteiger partial charge is 0.300 e. The molecule has 1 N–H and O–H groups in total. The fourth-order valence-electron chi connectivity index (χ4n) is 4.67. The summed E-state index contributed by atoms with van der Waals surface area (Å²) < 4.78 is 36.5. The van der Waals surface area contributed by atoms with Crippen LogP contribution >= 0.6 is 0 Å². The summed E-state index contributed by atoms with van der Waals surface area (Å²) in [5.41, 5.74) is 1.43. The van der Waals surface area contributed by atoms with Crippen molar-refractivity contribution in [3.8, 4) is 23.0 Å². The van der Waals surface area contributed by atoms with Gasteiger partial charge in [-0.2, -0.15) is 0 Å². The molecule has 1 amide bonds. The van der Waals surface area contributed by atoms with E-state index in [0.29, 0.717) is 35.2 Å². The van der Waals surface area contributed by atoms with E-state index in [1.165, 1.54) is 39.5 Å². The lowest BCUT2D eigenvalue weighted by molar-refractivity contribution is -0.132. The highest BCUT2D eigenvalue weighted by Crippen LogP contribution is 2.47. The van der Waals surface area contributed by atoms with Crippen LogP contribution in [0, 0.1) is 18.7 Å². The number of benzene rings is 3. The number of aliphatic hydroxyl groups is 1. The molecule has 1 fully saturated rings. The number of ketones is 1. The Hall–Kier alpha value is -4.53. The van der Waals surface area contributed by atoms with Crippen LogP contribution in [0.15, 0.2) is 60.2 Å². The van der Waals surface area contributed by atoms with Gasteiger partial charge in [0.05, 0.1) is 39.6 Å². The van der Waals surface area contributed by atoms with Gasteiger partial charge in [-0.05, 0) is 72.5 Å². The van der Waals surface area contributed by atoms with Gasteiger partial charge in [-0.15, -0.1) is 0 Å². The van der Waals surface area contributed by atoms with Crippen LogP contribution in [0.4, 0.5) is 10.1 Å². The van der Waals surface area contributed by atoms with Crippen LogP contribution in [0.3, 0.4) is 0 Å². The topological polar surface area (TPSA) is 94.5 Å². The molecule has 0 aromatic heterocycles. The van der Waals surface area contributed by atoms with Gasteiger partial charge in [0, 0.05) is 11.3 Å². The number of hydrogen-bond acceptors (Lipinski definition) is 7. The number of anilines is 1. The maximum absolute atomic E-state index is 14.3. The van der Waals surface area contributed by atoms with Crippen molar-refractivity contribution < 1.29 is 38.0 Å². The third kappa shape index (κ3) is 5.32. The lowest BCUT2D eigenvalue weighted by Gasteiger charge is -2.26. The third-order valence-corrected chi connectivity index (χ3v) is 6.55. The number of aliphatic hydroxyl groups excluding tert-OH is 1. The molecule has 4 rings (SSSR count). The summed E-state index contributed by atoms with van der Waals surface area (Å²) in [6.07, 6.45) is 0. The first-order valence-corrected chi connectivity index (χ1v) is 12.7. The Balaban J connectivity index is 1.94. The highest BCUT2D eigenvalue weighted by molar-refractivity contribution is 6.51. The Morgan fingerprint density at radius 2 is 1.62 bits per heavy atom. The second-order valence-corrected chi connectivity index (χ2v) is 9.79. The van der Waals surface area contributed by atoms with Gasteiger partial charge in [0.1, 0.15) is 17.3 Å². The molecule has 1 heterocycles. The summed E-state index contributed by atoms with van der Waals surface area (Å²) in [6.45, 7) is 6.42. The summed E-state index contributed by atoms with van der Waals surface area (Å²) in [5, 5.41) is 11.5. The number of carbonyl (C=O) groups excluding carboxylic acids is 2. The predicted molar refractivity (Wildman–Crippen MR) is 149 cm³/mol. The van der Waals surface area contributed by atoms with Gasteiger partial charge < -0.3 is 24.1 Å². The zero-order chi connectivity index (χ0) is 29.1. The molecule has 0 saturated carbocycles. The van der Waals surface area contributed by atoms with Crippen molar-refractivity contribution in [2.75, 3.05) is 32.8 Å². The Bertz CT molecular complexity index is 1460. The van der Waals surface area contributed by atoms with Gasteiger partial charge >= 0.3 is 0 Å². The minimum absolute atomic E-state index is 0.147. The van der Waals surface area contributed by atoms with Crippen molar-refractivity contribution in [2.24, 2.45) is 5.92 Å². The third-order valence-electron chi connectivity index (χ3n) is 6.55. The van der Waals surface area contributed by atoms with Crippen LogP contribution in [0.1, 0.15) is 36.6 Å². The molecular weight excluding hydrogens is 517 g/mol. The molecule has 9 heteroatoms. The number of ether oxygens (including phenoxy) is 4. The van der Waals surface area contributed by atoms with Gasteiger partial charge in [0.2, 0.25) is 5.75 Å². The molecular formula is C31H32FNO7. The van der Waals surface area contributed by atoms with Crippen molar-refractivity contribution in [1.82, 2.24) is 0 Å². The fraction of sp³-hybridized carbons (Fsp3) is 0.290. The Labute approximate surface area is 232 Å². The summed E-state index contributed by atoms with van der Waals surface area (Å²) in [7, 11) is 4.34.